The van der Waals surface area contributed by atoms with Gasteiger partial charge in [0.15, 0.2) is 0 Å². The number of hydrogen-bond acceptors (Lipinski definition) is 3. The van der Waals surface area contributed by atoms with Gasteiger partial charge in [0, 0.05) is 5.69 Å². The van der Waals surface area contributed by atoms with Crippen molar-refractivity contribution < 1.29 is 4.74 Å². The highest BCUT2D eigenvalue weighted by Gasteiger charge is 2.05. The minimum absolute atomic E-state index is 0.481. The van der Waals surface area contributed by atoms with E-state index < -0.39 is 0 Å². The molecule has 0 bridgehead atoms. The summed E-state index contributed by atoms with van der Waals surface area (Å²) in [5, 5.41) is 8.71. The van der Waals surface area contributed by atoms with E-state index in [9.17, 15) is 0 Å². The lowest BCUT2D eigenvalue weighted by Gasteiger charge is -2.06. The summed E-state index contributed by atoms with van der Waals surface area (Å²) >= 11 is 0. The van der Waals surface area contributed by atoms with Crippen LogP contribution >= 0.6 is 0 Å². The summed E-state index contributed by atoms with van der Waals surface area (Å²) in [7, 11) is 1.54. The van der Waals surface area contributed by atoms with Crippen LogP contribution < -0.4 is 10.5 Å². The quantitative estimate of drug-likeness (QED) is 0.636. The molecule has 0 unspecified atom stereocenters. The molecular weight excluding hydrogens is 152 g/mol. The van der Waals surface area contributed by atoms with Gasteiger partial charge in [-0.1, -0.05) is 0 Å². The molecule has 3 nitrogen and oxygen atoms in total. The highest BCUT2D eigenvalue weighted by molar-refractivity contribution is 5.57. The molecule has 0 amide bonds. The van der Waals surface area contributed by atoms with Crippen LogP contribution in [0.25, 0.3) is 0 Å². The first kappa shape index (κ1) is 8.41. The molecule has 1 rings (SSSR count). The van der Waals surface area contributed by atoms with Crippen molar-refractivity contribution in [3.8, 4) is 11.8 Å². The Kier molecular flexibility index (Phi) is 2.20. The largest absolute Gasteiger partial charge is 0.495 e. The van der Waals surface area contributed by atoms with Gasteiger partial charge in [-0.25, -0.2) is 0 Å². The van der Waals surface area contributed by atoms with Crippen LogP contribution in [0.15, 0.2) is 12.1 Å². The van der Waals surface area contributed by atoms with E-state index in [2.05, 4.69) is 0 Å². The number of nitriles is 1. The predicted molar refractivity (Wildman–Crippen MR) is 46.9 cm³/mol. The first-order valence-electron chi connectivity index (χ1n) is 3.53. The van der Waals surface area contributed by atoms with Gasteiger partial charge in [0.1, 0.15) is 11.8 Å². The molecule has 0 aromatic heterocycles. The number of aryl methyl sites for hydroxylation is 1. The average molecular weight is 162 g/mol. The van der Waals surface area contributed by atoms with E-state index in [0.717, 1.165) is 5.56 Å². The number of nitrogens with zero attached hydrogens (tertiary/aromatic N) is 1. The lowest BCUT2D eigenvalue weighted by atomic mass is 10.1. The van der Waals surface area contributed by atoms with Crippen LogP contribution in [0, 0.1) is 18.3 Å². The highest BCUT2D eigenvalue weighted by Crippen LogP contribution is 2.25. The van der Waals surface area contributed by atoms with Gasteiger partial charge in [-0.15, -0.1) is 0 Å². The Balaban J connectivity index is 3.36. The molecule has 0 aliphatic carbocycles. The Morgan fingerprint density at radius 3 is 2.67 bits per heavy atom. The maximum atomic E-state index is 8.71. The molecular formula is C9H10N2O. The number of benzene rings is 1. The summed E-state index contributed by atoms with van der Waals surface area (Å²) < 4.78 is 5.04. The molecule has 1 aromatic rings. The molecule has 0 radical (unpaired) electrons. The molecule has 0 aliphatic rings. The van der Waals surface area contributed by atoms with Crippen LogP contribution in [0.3, 0.4) is 0 Å². The van der Waals surface area contributed by atoms with Gasteiger partial charge in [-0.05, 0) is 24.6 Å². The monoisotopic (exact) mass is 162 g/mol. The molecule has 2 N–H and O–H groups in total. The van der Waals surface area contributed by atoms with Gasteiger partial charge in [-0.2, -0.15) is 5.26 Å². The van der Waals surface area contributed by atoms with Crippen LogP contribution in [0.5, 0.6) is 5.75 Å². The zero-order chi connectivity index (χ0) is 9.14. The smallest absolute Gasteiger partial charge is 0.139 e. The van der Waals surface area contributed by atoms with Crippen LogP contribution in [-0.2, 0) is 0 Å². The van der Waals surface area contributed by atoms with Gasteiger partial charge < -0.3 is 10.5 Å². The van der Waals surface area contributed by atoms with Crippen molar-refractivity contribution in [2.24, 2.45) is 0 Å². The number of methoxy groups -OCH3 is 1. The minimum atomic E-state index is 0.481. The van der Waals surface area contributed by atoms with Crippen LogP contribution in [0.4, 0.5) is 5.69 Å². The van der Waals surface area contributed by atoms with Crippen molar-refractivity contribution in [3.05, 3.63) is 23.3 Å². The van der Waals surface area contributed by atoms with E-state index in [4.69, 9.17) is 15.7 Å². The zero-order valence-corrected chi connectivity index (χ0v) is 7.09. The Morgan fingerprint density at radius 1 is 1.50 bits per heavy atom. The van der Waals surface area contributed by atoms with Gasteiger partial charge in [0.2, 0.25) is 0 Å². The third-order valence-corrected chi connectivity index (χ3v) is 1.62. The van der Waals surface area contributed by atoms with Gasteiger partial charge in [0.25, 0.3) is 0 Å². The van der Waals surface area contributed by atoms with Crippen molar-refractivity contribution in [2.45, 2.75) is 6.92 Å². The van der Waals surface area contributed by atoms with Gasteiger partial charge in [-0.3, -0.25) is 0 Å². The van der Waals surface area contributed by atoms with Gasteiger partial charge >= 0.3 is 0 Å². The fourth-order valence-corrected chi connectivity index (χ4v) is 1.16. The second-order valence-electron chi connectivity index (χ2n) is 2.53. The molecule has 62 valence electrons. The van der Waals surface area contributed by atoms with Crippen LogP contribution in [0.1, 0.15) is 11.1 Å². The Hall–Kier alpha value is -1.69. The normalized spacial score (nSPS) is 9.08. The fourth-order valence-electron chi connectivity index (χ4n) is 1.16. The Bertz CT molecular complexity index is 339. The summed E-state index contributed by atoms with van der Waals surface area (Å²) in [6.45, 7) is 1.86. The summed E-state index contributed by atoms with van der Waals surface area (Å²) in [4.78, 5) is 0. The number of anilines is 1. The lowest BCUT2D eigenvalue weighted by Crippen LogP contribution is -1.94. The van der Waals surface area contributed by atoms with E-state index in [0.29, 0.717) is 17.0 Å². The minimum Gasteiger partial charge on any atom is -0.495 e. The Morgan fingerprint density at radius 2 is 2.17 bits per heavy atom. The summed E-state index contributed by atoms with van der Waals surface area (Å²) in [5.41, 5.74) is 7.50. The summed E-state index contributed by atoms with van der Waals surface area (Å²) in [6, 6.07) is 5.40. The summed E-state index contributed by atoms with van der Waals surface area (Å²) in [6.07, 6.45) is 0. The second-order valence-corrected chi connectivity index (χ2v) is 2.53. The van der Waals surface area contributed by atoms with E-state index in [-0.39, 0.29) is 0 Å². The molecule has 12 heavy (non-hydrogen) atoms. The molecule has 0 saturated carbocycles. The highest BCUT2D eigenvalue weighted by atomic mass is 16.5. The van der Waals surface area contributed by atoms with Crippen LogP contribution in [0.2, 0.25) is 0 Å². The Labute approximate surface area is 71.4 Å². The molecule has 0 atom stereocenters. The average Bonchev–Trinajstić information content (AvgIpc) is 2.03. The molecule has 3 heteroatoms. The SMILES string of the molecule is COc1c(C)cc(N)cc1C#N. The molecule has 0 aliphatic heterocycles. The number of ether oxygens (including phenoxy) is 1. The van der Waals surface area contributed by atoms with Crippen molar-refractivity contribution >= 4 is 5.69 Å². The number of nitrogen functional groups attached to an aromatic ring is 1. The molecule has 0 saturated heterocycles. The standard InChI is InChI=1S/C9H10N2O/c1-6-3-8(11)4-7(5-10)9(6)12-2/h3-4H,11H2,1-2H3. The van der Waals surface area contributed by atoms with Crippen molar-refractivity contribution in [1.29, 1.82) is 5.26 Å². The first-order valence-corrected chi connectivity index (χ1v) is 3.53. The van der Waals surface area contributed by atoms with E-state index >= 15 is 0 Å². The van der Waals surface area contributed by atoms with E-state index in [1.165, 1.54) is 0 Å². The van der Waals surface area contributed by atoms with Crippen LogP contribution in [-0.4, -0.2) is 7.11 Å². The fraction of sp³-hybridized carbons (Fsp3) is 0.222. The molecule has 1 aromatic carbocycles. The van der Waals surface area contributed by atoms with E-state index in [1.54, 1.807) is 19.2 Å². The maximum Gasteiger partial charge on any atom is 0.139 e. The third-order valence-electron chi connectivity index (χ3n) is 1.62. The van der Waals surface area contributed by atoms with Crippen molar-refractivity contribution in [2.75, 3.05) is 12.8 Å². The van der Waals surface area contributed by atoms with Gasteiger partial charge in [0.05, 0.1) is 12.7 Å². The second kappa shape index (κ2) is 3.14. The number of rotatable bonds is 1. The molecule has 0 heterocycles. The lowest BCUT2D eigenvalue weighted by molar-refractivity contribution is 0.410. The maximum absolute atomic E-state index is 8.71. The zero-order valence-electron chi connectivity index (χ0n) is 7.09. The molecule has 0 fully saturated rings. The first-order chi connectivity index (χ1) is 5.69. The third kappa shape index (κ3) is 1.32. The molecule has 0 spiro atoms. The van der Waals surface area contributed by atoms with Crippen molar-refractivity contribution in [3.63, 3.8) is 0 Å². The topological polar surface area (TPSA) is 59.0 Å². The number of hydrogen-bond donors (Lipinski definition) is 1. The summed E-state index contributed by atoms with van der Waals surface area (Å²) in [5.74, 6) is 0.603. The van der Waals surface area contributed by atoms with E-state index in [1.807, 2.05) is 13.0 Å². The number of nitrogens with two attached hydrogens (primary N) is 1. The van der Waals surface area contributed by atoms with Crippen molar-refractivity contribution in [1.82, 2.24) is 0 Å². The predicted octanol–water partition coefficient (Wildman–Crippen LogP) is 1.46.